The minimum Gasteiger partial charge on any atom is -0.444 e. The summed E-state index contributed by atoms with van der Waals surface area (Å²) < 4.78 is 14.1. The van der Waals surface area contributed by atoms with Crippen LogP contribution in [0.3, 0.4) is 0 Å². The van der Waals surface area contributed by atoms with E-state index in [0.29, 0.717) is 13.1 Å². The molecular weight excluding hydrogens is 458 g/mol. The number of benzene rings is 1. The number of rotatable bonds is 6. The summed E-state index contributed by atoms with van der Waals surface area (Å²) in [6.45, 7) is 18.0. The number of carbonyl (C=O) groups excluding carboxylic acids is 1. The molecule has 0 radical (unpaired) electrons. The van der Waals surface area contributed by atoms with Gasteiger partial charge in [0.1, 0.15) is 5.60 Å². The van der Waals surface area contributed by atoms with Gasteiger partial charge in [-0.1, -0.05) is 26.8 Å². The Morgan fingerprint density at radius 3 is 2.29 bits per heavy atom. The molecule has 2 atom stereocenters. The van der Waals surface area contributed by atoms with Gasteiger partial charge in [0.15, 0.2) is 8.32 Å². The van der Waals surface area contributed by atoms with E-state index in [9.17, 15) is 9.59 Å². The second-order valence-corrected chi connectivity index (χ2v) is 16.5. The van der Waals surface area contributed by atoms with E-state index >= 15 is 0 Å². The lowest BCUT2D eigenvalue weighted by Gasteiger charge is -2.40. The fourth-order valence-electron chi connectivity index (χ4n) is 3.91. The highest BCUT2D eigenvalue weighted by Crippen LogP contribution is 2.39. The Hall–Kier alpha value is -2.58. The van der Waals surface area contributed by atoms with E-state index in [1.54, 1.807) is 22.9 Å². The summed E-state index contributed by atoms with van der Waals surface area (Å²) in [4.78, 5) is 26.9. The van der Waals surface area contributed by atoms with Crippen LogP contribution in [0.5, 0.6) is 0 Å². The molecule has 192 valence electrons. The number of aromatic nitrogens is 1. The topological polar surface area (TPSA) is 72.8 Å². The fraction of sp³-hybridized carbons (Fsp3) is 0.556. The molecule has 0 spiro atoms. The maximum Gasteiger partial charge on any atom is 0.410 e. The summed E-state index contributed by atoms with van der Waals surface area (Å²) in [5.74, 6) is 0. The molecule has 1 saturated heterocycles. The van der Waals surface area contributed by atoms with Crippen LogP contribution in [0.15, 0.2) is 53.5 Å². The first-order valence-corrected chi connectivity index (χ1v) is 15.3. The Morgan fingerprint density at radius 2 is 1.71 bits per heavy atom. The molecule has 1 aromatic heterocycles. The minimum absolute atomic E-state index is 0.0573. The molecule has 1 fully saturated rings. The number of pyridine rings is 1. The fourth-order valence-corrected chi connectivity index (χ4v) is 5.30. The van der Waals surface area contributed by atoms with E-state index in [-0.39, 0.29) is 28.8 Å². The van der Waals surface area contributed by atoms with E-state index in [1.165, 1.54) is 0 Å². The van der Waals surface area contributed by atoms with Crippen molar-refractivity contribution in [3.63, 3.8) is 0 Å². The van der Waals surface area contributed by atoms with E-state index in [4.69, 9.17) is 9.16 Å². The second kappa shape index (κ2) is 10.2. The summed E-state index contributed by atoms with van der Waals surface area (Å²) >= 11 is 0. The molecule has 1 amide bonds. The SMILES string of the molecule is CC(C)(C)OC(=O)N1CC[C@H](O[Si](C)(C)C(C)(C)C)[C@H]1CNc1ccc(-n2ccccc2=O)cc1. The van der Waals surface area contributed by atoms with Crippen molar-refractivity contribution in [3.8, 4) is 5.69 Å². The molecule has 1 aliphatic heterocycles. The highest BCUT2D eigenvalue weighted by atomic mass is 28.4. The van der Waals surface area contributed by atoms with Gasteiger partial charge in [-0.15, -0.1) is 0 Å². The number of nitrogens with one attached hydrogen (secondary N) is 1. The quantitative estimate of drug-likeness (QED) is 0.520. The number of anilines is 1. The second-order valence-electron chi connectivity index (χ2n) is 11.8. The van der Waals surface area contributed by atoms with Gasteiger partial charge in [-0.25, -0.2) is 4.79 Å². The lowest BCUT2D eigenvalue weighted by molar-refractivity contribution is 0.0179. The van der Waals surface area contributed by atoms with Gasteiger partial charge in [0, 0.05) is 36.7 Å². The summed E-state index contributed by atoms with van der Waals surface area (Å²) in [6.07, 6.45) is 2.18. The lowest BCUT2D eigenvalue weighted by atomic mass is 10.1. The monoisotopic (exact) mass is 499 g/mol. The number of carbonyl (C=O) groups is 1. The Morgan fingerprint density at radius 1 is 1.06 bits per heavy atom. The zero-order chi connectivity index (χ0) is 26.0. The normalized spacial score (nSPS) is 19.0. The van der Waals surface area contributed by atoms with Gasteiger partial charge >= 0.3 is 6.09 Å². The van der Waals surface area contributed by atoms with E-state index < -0.39 is 13.9 Å². The minimum atomic E-state index is -2.02. The average molecular weight is 500 g/mol. The van der Waals surface area contributed by atoms with Crippen LogP contribution < -0.4 is 10.9 Å². The molecule has 2 aromatic rings. The zero-order valence-corrected chi connectivity index (χ0v) is 23.4. The van der Waals surface area contributed by atoms with E-state index in [2.05, 4.69) is 39.2 Å². The average Bonchev–Trinajstić information content (AvgIpc) is 3.13. The largest absolute Gasteiger partial charge is 0.444 e. The molecule has 35 heavy (non-hydrogen) atoms. The van der Waals surface area contributed by atoms with Gasteiger partial charge in [0.25, 0.3) is 5.56 Å². The Balaban J connectivity index is 1.77. The highest BCUT2D eigenvalue weighted by Gasteiger charge is 2.45. The molecule has 0 aliphatic carbocycles. The van der Waals surface area contributed by atoms with Gasteiger partial charge in [-0.3, -0.25) is 9.36 Å². The van der Waals surface area contributed by atoms with Crippen molar-refractivity contribution in [3.05, 3.63) is 59.0 Å². The molecule has 3 rings (SSSR count). The summed E-state index contributed by atoms with van der Waals surface area (Å²) in [7, 11) is -2.02. The number of likely N-dealkylation sites (tertiary alicyclic amines) is 1. The zero-order valence-electron chi connectivity index (χ0n) is 22.4. The summed E-state index contributed by atoms with van der Waals surface area (Å²) in [5, 5.41) is 3.56. The molecule has 2 heterocycles. The number of hydrogen-bond donors (Lipinski definition) is 1. The van der Waals surface area contributed by atoms with Crippen molar-refractivity contribution in [2.45, 2.75) is 83.8 Å². The van der Waals surface area contributed by atoms with Crippen molar-refractivity contribution < 1.29 is 14.0 Å². The Kier molecular flexibility index (Phi) is 7.86. The molecule has 7 nitrogen and oxygen atoms in total. The molecule has 1 aromatic carbocycles. The summed E-state index contributed by atoms with van der Waals surface area (Å²) in [6, 6.07) is 12.7. The van der Waals surface area contributed by atoms with Crippen LogP contribution in [0.1, 0.15) is 48.0 Å². The van der Waals surface area contributed by atoms with E-state index in [0.717, 1.165) is 17.8 Å². The van der Waals surface area contributed by atoms with Crippen molar-refractivity contribution in [1.82, 2.24) is 9.47 Å². The van der Waals surface area contributed by atoms with Crippen molar-refractivity contribution in [1.29, 1.82) is 0 Å². The number of hydrogen-bond acceptors (Lipinski definition) is 5. The standard InChI is InChI=1S/C27H41N3O4Si/c1-26(2,3)33-25(32)30-18-16-23(34-35(7,8)27(4,5)6)22(30)19-28-20-12-14-21(15-13-20)29-17-10-9-11-24(29)31/h9-15,17,22-23,28H,16,18-19H2,1-8H3/t22-,23+/m1/s1. The third kappa shape index (κ3) is 6.76. The molecule has 1 aliphatic rings. The third-order valence-electron chi connectivity index (χ3n) is 6.85. The van der Waals surface area contributed by atoms with Gasteiger partial charge in [0.05, 0.1) is 12.1 Å². The number of ether oxygens (including phenoxy) is 1. The molecule has 1 N–H and O–H groups in total. The van der Waals surface area contributed by atoms with E-state index in [1.807, 2.05) is 56.0 Å². The van der Waals surface area contributed by atoms with Crippen LogP contribution >= 0.6 is 0 Å². The smallest absolute Gasteiger partial charge is 0.410 e. The van der Waals surface area contributed by atoms with Crippen molar-refractivity contribution in [2.75, 3.05) is 18.4 Å². The first kappa shape index (κ1) is 27.0. The lowest BCUT2D eigenvalue weighted by Crippen LogP contribution is -2.51. The van der Waals surface area contributed by atoms with Crippen molar-refractivity contribution in [2.24, 2.45) is 0 Å². The van der Waals surface area contributed by atoms with Crippen LogP contribution in [-0.2, 0) is 9.16 Å². The van der Waals surface area contributed by atoms with Gasteiger partial charge in [0.2, 0.25) is 0 Å². The molecule has 0 bridgehead atoms. The maximum atomic E-state index is 13.0. The number of nitrogens with zero attached hydrogens (tertiary/aromatic N) is 2. The van der Waals surface area contributed by atoms with Crippen LogP contribution in [0, 0.1) is 0 Å². The third-order valence-corrected chi connectivity index (χ3v) is 11.4. The Bertz CT molecular complexity index is 1070. The first-order chi connectivity index (χ1) is 16.2. The number of amides is 1. The summed E-state index contributed by atoms with van der Waals surface area (Å²) in [5.41, 5.74) is 1.09. The molecule has 0 saturated carbocycles. The molecule has 0 unspecified atom stereocenters. The van der Waals surface area contributed by atoms with Gasteiger partial charge < -0.3 is 19.4 Å². The predicted molar refractivity (Wildman–Crippen MR) is 144 cm³/mol. The van der Waals surface area contributed by atoms with Crippen molar-refractivity contribution >= 4 is 20.1 Å². The van der Waals surface area contributed by atoms with Crippen LogP contribution in [0.2, 0.25) is 18.1 Å². The van der Waals surface area contributed by atoms with Gasteiger partial charge in [-0.2, -0.15) is 0 Å². The first-order valence-electron chi connectivity index (χ1n) is 12.4. The molecule has 8 heteroatoms. The molecular formula is C27H41N3O4Si. The van der Waals surface area contributed by atoms with Gasteiger partial charge in [-0.05, 0) is 75.7 Å². The van der Waals surface area contributed by atoms with Crippen LogP contribution in [0.4, 0.5) is 10.5 Å². The Labute approximate surface area is 210 Å². The maximum absolute atomic E-state index is 13.0. The predicted octanol–water partition coefficient (Wildman–Crippen LogP) is 5.65. The van der Waals surface area contributed by atoms with Crippen LogP contribution in [0.25, 0.3) is 5.69 Å². The highest BCUT2D eigenvalue weighted by molar-refractivity contribution is 6.74. The van der Waals surface area contributed by atoms with Crippen LogP contribution in [-0.4, -0.2) is 54.7 Å².